The second-order valence-corrected chi connectivity index (χ2v) is 8.04. The van der Waals surface area contributed by atoms with E-state index in [2.05, 4.69) is 10.2 Å². The number of nitrogens with zero attached hydrogens (tertiary/aromatic N) is 2. The second-order valence-electron chi connectivity index (χ2n) is 5.74. The van der Waals surface area contributed by atoms with Crippen molar-refractivity contribution in [2.45, 2.75) is 36.2 Å². The van der Waals surface area contributed by atoms with Crippen molar-refractivity contribution in [1.82, 2.24) is 14.5 Å². The van der Waals surface area contributed by atoms with Crippen LogP contribution in [0.4, 0.5) is 0 Å². The molecule has 110 valence electrons. The minimum absolute atomic E-state index is 0.266. The van der Waals surface area contributed by atoms with Gasteiger partial charge in [0.1, 0.15) is 0 Å². The molecule has 0 radical (unpaired) electrons. The largest absolute Gasteiger partial charge is 0.282 e. The molecule has 1 aromatic heterocycles. The van der Waals surface area contributed by atoms with Crippen LogP contribution in [0.3, 0.4) is 0 Å². The van der Waals surface area contributed by atoms with Crippen LogP contribution in [0.2, 0.25) is 5.02 Å². The Morgan fingerprint density at radius 1 is 1.24 bits per heavy atom. The van der Waals surface area contributed by atoms with Crippen molar-refractivity contribution < 1.29 is 8.42 Å². The van der Waals surface area contributed by atoms with E-state index in [1.54, 1.807) is 34.8 Å². The number of sulfonamides is 1. The van der Waals surface area contributed by atoms with E-state index >= 15 is 0 Å². The fraction of sp³-hybridized carbons (Fsp3) is 0.357. The molecule has 0 saturated heterocycles. The summed E-state index contributed by atoms with van der Waals surface area (Å²) in [7, 11) is -3.51. The lowest BCUT2D eigenvalue weighted by Gasteiger charge is -2.34. The van der Waals surface area contributed by atoms with Crippen molar-refractivity contribution in [2.75, 3.05) is 0 Å². The molecule has 0 bridgehead atoms. The number of hydrogen-bond acceptors (Lipinski definition) is 3. The summed E-state index contributed by atoms with van der Waals surface area (Å²) in [5.41, 5.74) is 1.76. The highest BCUT2D eigenvalue weighted by Gasteiger charge is 2.55. The maximum Gasteiger partial charge on any atom is 0.243 e. The average molecular weight is 324 g/mol. The van der Waals surface area contributed by atoms with Gasteiger partial charge in [0, 0.05) is 34.8 Å². The van der Waals surface area contributed by atoms with Crippen molar-refractivity contribution >= 4 is 21.6 Å². The molecule has 1 spiro atoms. The van der Waals surface area contributed by atoms with E-state index in [0.717, 1.165) is 30.5 Å². The number of halogens is 1. The third-order valence-electron chi connectivity index (χ3n) is 4.39. The first kappa shape index (κ1) is 13.3. The monoisotopic (exact) mass is 323 g/mol. The number of aromatic nitrogens is 2. The van der Waals surface area contributed by atoms with Crippen LogP contribution in [0.15, 0.2) is 35.4 Å². The zero-order valence-electron chi connectivity index (χ0n) is 11.2. The second kappa shape index (κ2) is 4.32. The Hall–Kier alpha value is -1.37. The molecular weight excluding hydrogens is 310 g/mol. The summed E-state index contributed by atoms with van der Waals surface area (Å²) in [5.74, 6) is 0. The van der Waals surface area contributed by atoms with Gasteiger partial charge in [-0.15, -0.1) is 0 Å². The highest BCUT2D eigenvalue weighted by Crippen LogP contribution is 2.50. The standard InChI is InChI=1S/C14H14ClN3O2S/c15-11-1-3-12(4-2-11)21(19,20)18-9-10-8-16-17-13(10)7-14(18)5-6-14/h1-4,8H,5-7,9H2,(H,16,17). The smallest absolute Gasteiger partial charge is 0.243 e. The summed E-state index contributed by atoms with van der Waals surface area (Å²) in [6.07, 6.45) is 4.24. The molecule has 2 aromatic rings. The van der Waals surface area contributed by atoms with Crippen molar-refractivity contribution in [3.63, 3.8) is 0 Å². The van der Waals surface area contributed by atoms with Gasteiger partial charge in [0.2, 0.25) is 10.0 Å². The zero-order chi connectivity index (χ0) is 14.7. The number of rotatable bonds is 2. The summed E-state index contributed by atoms with van der Waals surface area (Å²) in [6, 6.07) is 6.36. The van der Waals surface area contributed by atoms with E-state index < -0.39 is 10.0 Å². The van der Waals surface area contributed by atoms with E-state index in [0.29, 0.717) is 16.5 Å². The number of benzene rings is 1. The fourth-order valence-electron chi connectivity index (χ4n) is 3.01. The van der Waals surface area contributed by atoms with E-state index in [-0.39, 0.29) is 5.54 Å². The highest BCUT2D eigenvalue weighted by atomic mass is 35.5. The van der Waals surface area contributed by atoms with Gasteiger partial charge in [0.05, 0.1) is 11.1 Å². The summed E-state index contributed by atoms with van der Waals surface area (Å²) in [6.45, 7) is 0.386. The van der Waals surface area contributed by atoms with Crippen LogP contribution < -0.4 is 0 Å². The number of hydrogen-bond donors (Lipinski definition) is 1. The molecule has 1 saturated carbocycles. The molecule has 1 aromatic carbocycles. The lowest BCUT2D eigenvalue weighted by atomic mass is 10.0. The summed E-state index contributed by atoms with van der Waals surface area (Å²) in [5, 5.41) is 7.55. The third-order valence-corrected chi connectivity index (χ3v) is 6.60. The van der Waals surface area contributed by atoms with Crippen molar-refractivity contribution in [3.05, 3.63) is 46.7 Å². The topological polar surface area (TPSA) is 66.1 Å². The summed E-state index contributed by atoms with van der Waals surface area (Å²) in [4.78, 5) is 0.296. The molecular formula is C14H14ClN3O2S. The molecule has 1 N–H and O–H groups in total. The molecule has 21 heavy (non-hydrogen) atoms. The molecule has 1 aliphatic carbocycles. The first-order valence-corrected chi connectivity index (χ1v) is 8.63. The Labute approximate surface area is 128 Å². The van der Waals surface area contributed by atoms with Gasteiger partial charge in [-0.3, -0.25) is 5.10 Å². The first-order valence-electron chi connectivity index (χ1n) is 6.81. The SMILES string of the molecule is O=S(=O)(c1ccc(Cl)cc1)N1Cc2cn[nH]c2CC12CC2. The van der Waals surface area contributed by atoms with Crippen LogP contribution in [-0.4, -0.2) is 28.5 Å². The van der Waals surface area contributed by atoms with Crippen molar-refractivity contribution in [1.29, 1.82) is 0 Å². The molecule has 0 unspecified atom stereocenters. The molecule has 2 aliphatic rings. The van der Waals surface area contributed by atoms with Crippen molar-refractivity contribution in [2.24, 2.45) is 0 Å². The minimum Gasteiger partial charge on any atom is -0.282 e. The Morgan fingerprint density at radius 3 is 2.62 bits per heavy atom. The van der Waals surface area contributed by atoms with Crippen LogP contribution in [0.25, 0.3) is 0 Å². The van der Waals surface area contributed by atoms with Gasteiger partial charge in [-0.05, 0) is 37.1 Å². The lowest BCUT2D eigenvalue weighted by Crippen LogP contribution is -2.45. The van der Waals surface area contributed by atoms with Crippen molar-refractivity contribution in [3.8, 4) is 0 Å². The number of nitrogens with one attached hydrogen (secondary N) is 1. The highest BCUT2D eigenvalue weighted by molar-refractivity contribution is 7.89. The number of H-pyrrole nitrogens is 1. The maximum atomic E-state index is 12.9. The molecule has 7 heteroatoms. The molecule has 4 rings (SSSR count). The molecule has 0 atom stereocenters. The zero-order valence-corrected chi connectivity index (χ0v) is 12.8. The van der Waals surface area contributed by atoms with Crippen LogP contribution in [0.5, 0.6) is 0 Å². The first-order chi connectivity index (χ1) is 10.0. The quantitative estimate of drug-likeness (QED) is 0.922. The minimum atomic E-state index is -3.51. The van der Waals surface area contributed by atoms with Gasteiger partial charge >= 0.3 is 0 Å². The van der Waals surface area contributed by atoms with Crippen LogP contribution in [0.1, 0.15) is 24.1 Å². The van der Waals surface area contributed by atoms with Gasteiger partial charge in [-0.1, -0.05) is 11.6 Å². The molecule has 1 aliphatic heterocycles. The maximum absolute atomic E-state index is 12.9. The summed E-state index contributed by atoms with van der Waals surface area (Å²) < 4.78 is 27.5. The van der Waals surface area contributed by atoms with Gasteiger partial charge in [0.25, 0.3) is 0 Å². The third kappa shape index (κ3) is 2.01. The van der Waals surface area contributed by atoms with E-state index in [4.69, 9.17) is 11.6 Å². The number of fused-ring (bicyclic) bond motifs is 1. The predicted molar refractivity (Wildman–Crippen MR) is 78.4 cm³/mol. The van der Waals surface area contributed by atoms with Crippen LogP contribution in [-0.2, 0) is 23.0 Å². The van der Waals surface area contributed by atoms with Gasteiger partial charge < -0.3 is 0 Å². The van der Waals surface area contributed by atoms with E-state index in [1.165, 1.54) is 0 Å². The fourth-order valence-corrected chi connectivity index (χ4v) is 4.94. The van der Waals surface area contributed by atoms with Gasteiger partial charge in [-0.2, -0.15) is 9.40 Å². The molecule has 5 nitrogen and oxygen atoms in total. The van der Waals surface area contributed by atoms with E-state index in [1.807, 2.05) is 0 Å². The predicted octanol–water partition coefficient (Wildman–Crippen LogP) is 2.34. The van der Waals surface area contributed by atoms with Crippen LogP contribution in [0, 0.1) is 0 Å². The molecule has 1 fully saturated rings. The normalized spacial score (nSPS) is 20.4. The van der Waals surface area contributed by atoms with Gasteiger partial charge in [0.15, 0.2) is 0 Å². The van der Waals surface area contributed by atoms with Gasteiger partial charge in [-0.25, -0.2) is 8.42 Å². The lowest BCUT2D eigenvalue weighted by molar-refractivity contribution is 0.270. The Kier molecular flexibility index (Phi) is 2.73. The number of aromatic amines is 1. The average Bonchev–Trinajstić information content (AvgIpc) is 3.06. The Bertz CT molecular complexity index is 794. The Balaban J connectivity index is 1.77. The Morgan fingerprint density at radius 2 is 1.95 bits per heavy atom. The van der Waals surface area contributed by atoms with Crippen LogP contribution >= 0.6 is 11.6 Å². The molecule has 2 heterocycles. The molecule has 0 amide bonds. The summed E-state index contributed by atoms with van der Waals surface area (Å²) >= 11 is 5.85. The van der Waals surface area contributed by atoms with E-state index in [9.17, 15) is 8.42 Å².